The first-order valence-corrected chi connectivity index (χ1v) is 10.3. The first-order valence-electron chi connectivity index (χ1n) is 9.96. The van der Waals surface area contributed by atoms with E-state index in [1.54, 1.807) is 23.1 Å². The number of H-pyrrole nitrogens is 1. The van der Waals surface area contributed by atoms with Crippen LogP contribution >= 0.6 is 11.6 Å². The number of amides is 2. The highest BCUT2D eigenvalue weighted by Gasteiger charge is 2.35. The number of aromatic nitrogens is 3. The fraction of sp³-hybridized carbons (Fsp3) is 0.273. The Morgan fingerprint density at radius 2 is 1.97 bits per heavy atom. The van der Waals surface area contributed by atoms with Gasteiger partial charge in [0.25, 0.3) is 0 Å². The Kier molecular flexibility index (Phi) is 4.75. The van der Waals surface area contributed by atoms with Gasteiger partial charge in [-0.05, 0) is 55.3 Å². The molecule has 30 heavy (non-hydrogen) atoms. The standard InChI is InChI=1S/C22H20ClN5O2/c23-16-2-1-3-18(11-16)28-12-15(10-19(28)29)22(30)24-17-8-6-14(7-9-17)21-25-20(26-27-21)13-4-5-13/h1-3,6-9,11,13,15H,4-5,10,12H2,(H,24,30)(H,25,26,27). The molecule has 1 unspecified atom stereocenters. The summed E-state index contributed by atoms with van der Waals surface area (Å²) >= 11 is 6.03. The van der Waals surface area contributed by atoms with E-state index in [4.69, 9.17) is 11.6 Å². The average Bonchev–Trinajstić information content (AvgIpc) is 3.34. The van der Waals surface area contributed by atoms with E-state index >= 15 is 0 Å². The van der Waals surface area contributed by atoms with Crippen molar-refractivity contribution in [2.24, 2.45) is 5.92 Å². The van der Waals surface area contributed by atoms with Gasteiger partial charge >= 0.3 is 0 Å². The van der Waals surface area contributed by atoms with Crippen LogP contribution in [0.1, 0.15) is 31.0 Å². The van der Waals surface area contributed by atoms with E-state index in [2.05, 4.69) is 20.5 Å². The van der Waals surface area contributed by atoms with Crippen molar-refractivity contribution in [1.82, 2.24) is 15.2 Å². The van der Waals surface area contributed by atoms with E-state index in [0.29, 0.717) is 34.7 Å². The first-order chi connectivity index (χ1) is 14.6. The van der Waals surface area contributed by atoms with E-state index in [0.717, 1.165) is 24.2 Å². The summed E-state index contributed by atoms with van der Waals surface area (Å²) < 4.78 is 0. The summed E-state index contributed by atoms with van der Waals surface area (Å²) in [4.78, 5) is 31.2. The van der Waals surface area contributed by atoms with Crippen molar-refractivity contribution in [1.29, 1.82) is 0 Å². The average molecular weight is 422 g/mol. The Morgan fingerprint density at radius 3 is 2.70 bits per heavy atom. The van der Waals surface area contributed by atoms with E-state index < -0.39 is 5.92 Å². The van der Waals surface area contributed by atoms with Crippen molar-refractivity contribution in [3.05, 3.63) is 59.4 Å². The van der Waals surface area contributed by atoms with E-state index in [1.165, 1.54) is 0 Å². The molecule has 8 heteroatoms. The molecule has 2 heterocycles. The molecule has 1 saturated carbocycles. The second kappa shape index (κ2) is 7.57. The molecule has 1 saturated heterocycles. The Labute approximate surface area is 178 Å². The molecule has 0 bridgehead atoms. The molecule has 2 amide bonds. The lowest BCUT2D eigenvalue weighted by Gasteiger charge is -2.17. The summed E-state index contributed by atoms with van der Waals surface area (Å²) in [6.07, 6.45) is 2.51. The molecule has 152 valence electrons. The number of carbonyl (C=O) groups is 2. The number of benzene rings is 2. The third-order valence-corrected chi connectivity index (χ3v) is 5.73. The van der Waals surface area contributed by atoms with Crippen molar-refractivity contribution in [3.8, 4) is 11.4 Å². The molecule has 0 spiro atoms. The van der Waals surface area contributed by atoms with Crippen molar-refractivity contribution in [2.75, 3.05) is 16.8 Å². The normalized spacial score (nSPS) is 18.6. The molecule has 0 radical (unpaired) electrons. The summed E-state index contributed by atoms with van der Waals surface area (Å²) in [6.45, 7) is 0.338. The van der Waals surface area contributed by atoms with Gasteiger partial charge < -0.3 is 10.2 Å². The van der Waals surface area contributed by atoms with Crippen LogP contribution in [0.5, 0.6) is 0 Å². The third-order valence-electron chi connectivity index (χ3n) is 5.49. The topological polar surface area (TPSA) is 91.0 Å². The first kappa shape index (κ1) is 18.8. The van der Waals surface area contributed by atoms with Gasteiger partial charge in [-0.1, -0.05) is 17.7 Å². The Balaban J connectivity index is 1.23. The molecule has 1 aliphatic carbocycles. The van der Waals surface area contributed by atoms with E-state index in [1.807, 2.05) is 30.3 Å². The quantitative estimate of drug-likeness (QED) is 0.651. The maximum atomic E-state index is 12.7. The number of halogens is 1. The summed E-state index contributed by atoms with van der Waals surface area (Å²) in [5.41, 5.74) is 2.28. The second-order valence-electron chi connectivity index (χ2n) is 7.77. The lowest BCUT2D eigenvalue weighted by Crippen LogP contribution is -2.28. The molecule has 2 aromatic carbocycles. The molecule has 2 fully saturated rings. The lowest BCUT2D eigenvalue weighted by atomic mass is 10.1. The zero-order valence-electron chi connectivity index (χ0n) is 16.1. The summed E-state index contributed by atoms with van der Waals surface area (Å²) in [5, 5.41) is 10.7. The van der Waals surface area contributed by atoms with Crippen molar-refractivity contribution in [3.63, 3.8) is 0 Å². The number of rotatable bonds is 5. The summed E-state index contributed by atoms with van der Waals surface area (Å²) in [7, 11) is 0. The van der Waals surface area contributed by atoms with Gasteiger partial charge in [0, 0.05) is 40.8 Å². The Hall–Kier alpha value is -3.19. The molecular weight excluding hydrogens is 402 g/mol. The van der Waals surface area contributed by atoms with Gasteiger partial charge in [0.15, 0.2) is 5.82 Å². The molecule has 1 aromatic heterocycles. The van der Waals surface area contributed by atoms with Crippen LogP contribution in [0, 0.1) is 5.92 Å². The molecule has 5 rings (SSSR count). The fourth-order valence-corrected chi connectivity index (χ4v) is 3.85. The number of anilines is 2. The number of nitrogens with zero attached hydrogens (tertiary/aromatic N) is 3. The smallest absolute Gasteiger partial charge is 0.229 e. The third kappa shape index (κ3) is 3.80. The number of hydrogen-bond acceptors (Lipinski definition) is 4. The SMILES string of the molecule is O=C(Nc1ccc(-c2n[nH]c(C3CC3)n2)cc1)C1CC(=O)N(c2cccc(Cl)c2)C1. The van der Waals surface area contributed by atoms with Gasteiger partial charge in [-0.3, -0.25) is 14.7 Å². The molecule has 1 atom stereocenters. The van der Waals surface area contributed by atoms with Crippen LogP contribution in [0.4, 0.5) is 11.4 Å². The van der Waals surface area contributed by atoms with Gasteiger partial charge in [-0.15, -0.1) is 0 Å². The minimum absolute atomic E-state index is 0.0798. The van der Waals surface area contributed by atoms with Crippen LogP contribution in [0.2, 0.25) is 5.02 Å². The maximum Gasteiger partial charge on any atom is 0.229 e. The van der Waals surface area contributed by atoms with Gasteiger partial charge in [-0.25, -0.2) is 4.98 Å². The predicted octanol–water partition coefficient (Wildman–Crippen LogP) is 3.99. The number of nitrogens with one attached hydrogen (secondary N) is 2. The minimum atomic E-state index is -0.412. The zero-order valence-corrected chi connectivity index (χ0v) is 16.9. The molecule has 1 aliphatic heterocycles. The monoisotopic (exact) mass is 421 g/mol. The predicted molar refractivity (Wildman–Crippen MR) is 114 cm³/mol. The van der Waals surface area contributed by atoms with Gasteiger partial charge in [-0.2, -0.15) is 5.10 Å². The van der Waals surface area contributed by atoms with Crippen LogP contribution in [-0.4, -0.2) is 33.5 Å². The summed E-state index contributed by atoms with van der Waals surface area (Å²) in [5.74, 6) is 1.46. The number of carbonyl (C=O) groups excluding carboxylic acids is 2. The summed E-state index contributed by atoms with van der Waals surface area (Å²) in [6, 6.07) is 14.5. The maximum absolute atomic E-state index is 12.7. The van der Waals surface area contributed by atoms with Crippen LogP contribution < -0.4 is 10.2 Å². The largest absolute Gasteiger partial charge is 0.326 e. The molecular formula is C22H20ClN5O2. The van der Waals surface area contributed by atoms with Crippen LogP contribution in [0.15, 0.2) is 48.5 Å². The van der Waals surface area contributed by atoms with Crippen LogP contribution in [0.3, 0.4) is 0 Å². The fourth-order valence-electron chi connectivity index (χ4n) is 3.67. The molecule has 3 aromatic rings. The Bertz CT molecular complexity index is 1110. The highest BCUT2D eigenvalue weighted by atomic mass is 35.5. The number of aromatic amines is 1. The second-order valence-corrected chi connectivity index (χ2v) is 8.21. The van der Waals surface area contributed by atoms with Crippen LogP contribution in [0.25, 0.3) is 11.4 Å². The Morgan fingerprint density at radius 1 is 1.17 bits per heavy atom. The van der Waals surface area contributed by atoms with Crippen LogP contribution in [-0.2, 0) is 9.59 Å². The lowest BCUT2D eigenvalue weighted by molar-refractivity contribution is -0.122. The zero-order chi connectivity index (χ0) is 20.7. The van der Waals surface area contributed by atoms with Crippen molar-refractivity contribution >= 4 is 34.8 Å². The van der Waals surface area contributed by atoms with Crippen molar-refractivity contribution in [2.45, 2.75) is 25.2 Å². The van der Waals surface area contributed by atoms with Gasteiger partial charge in [0.2, 0.25) is 11.8 Å². The minimum Gasteiger partial charge on any atom is -0.326 e. The molecule has 7 nitrogen and oxygen atoms in total. The van der Waals surface area contributed by atoms with Gasteiger partial charge in [0.05, 0.1) is 5.92 Å². The highest BCUT2D eigenvalue weighted by molar-refractivity contribution is 6.31. The van der Waals surface area contributed by atoms with E-state index in [-0.39, 0.29) is 18.2 Å². The van der Waals surface area contributed by atoms with Crippen molar-refractivity contribution < 1.29 is 9.59 Å². The molecule has 2 aliphatic rings. The number of hydrogen-bond donors (Lipinski definition) is 2. The highest BCUT2D eigenvalue weighted by Crippen LogP contribution is 2.38. The van der Waals surface area contributed by atoms with Gasteiger partial charge in [0.1, 0.15) is 5.82 Å². The molecule has 2 N–H and O–H groups in total. The van der Waals surface area contributed by atoms with E-state index in [9.17, 15) is 9.59 Å².